The van der Waals surface area contributed by atoms with Gasteiger partial charge in [0, 0.05) is 6.54 Å². The van der Waals surface area contributed by atoms with Crippen LogP contribution in [0.1, 0.15) is 23.7 Å². The van der Waals surface area contributed by atoms with Gasteiger partial charge in [-0.2, -0.15) is 0 Å². The molecular weight excluding hydrogens is 257 g/mol. The van der Waals surface area contributed by atoms with Crippen molar-refractivity contribution in [3.63, 3.8) is 0 Å². The van der Waals surface area contributed by atoms with E-state index in [4.69, 9.17) is 0 Å². The molecule has 1 heterocycles. The fourth-order valence-corrected chi connectivity index (χ4v) is 1.67. The van der Waals surface area contributed by atoms with Crippen molar-refractivity contribution in [3.05, 3.63) is 54.0 Å². The van der Waals surface area contributed by atoms with Gasteiger partial charge < -0.3 is 10.6 Å². The molecule has 2 aromatic rings. The van der Waals surface area contributed by atoms with Crippen LogP contribution in [-0.4, -0.2) is 17.4 Å². The van der Waals surface area contributed by atoms with Crippen molar-refractivity contribution in [1.29, 1.82) is 0 Å². The first kappa shape index (κ1) is 14.0. The Morgan fingerprint density at radius 1 is 1.25 bits per heavy atom. The highest BCUT2D eigenvalue weighted by Crippen LogP contribution is 2.12. The van der Waals surface area contributed by atoms with Crippen molar-refractivity contribution in [2.75, 3.05) is 17.2 Å². The number of aromatic nitrogens is 1. The van der Waals surface area contributed by atoms with Gasteiger partial charge in [0.05, 0.1) is 17.4 Å². The first-order chi connectivity index (χ1) is 9.70. The minimum absolute atomic E-state index is 0.00230. The Hall–Kier alpha value is -2.43. The topological polar surface area (TPSA) is 54.0 Å². The highest BCUT2D eigenvalue weighted by molar-refractivity contribution is 6.03. The molecule has 104 valence electrons. The Bertz CT molecular complexity index is 584. The highest BCUT2D eigenvalue weighted by Gasteiger charge is 2.11. The lowest BCUT2D eigenvalue weighted by atomic mass is 10.2. The molecule has 0 fully saturated rings. The summed E-state index contributed by atoms with van der Waals surface area (Å²) < 4.78 is 13.5. The number of amides is 1. The quantitative estimate of drug-likeness (QED) is 0.879. The number of rotatable bonds is 5. The fourth-order valence-electron chi connectivity index (χ4n) is 1.67. The summed E-state index contributed by atoms with van der Waals surface area (Å²) in [6.45, 7) is 2.94. The number of carbonyl (C=O) groups is 1. The van der Waals surface area contributed by atoms with Crippen LogP contribution in [0.5, 0.6) is 0 Å². The zero-order valence-electron chi connectivity index (χ0n) is 11.2. The Balaban J connectivity index is 2.03. The molecule has 5 heteroatoms. The van der Waals surface area contributed by atoms with Gasteiger partial charge in [0.2, 0.25) is 0 Å². The molecule has 1 aromatic carbocycles. The van der Waals surface area contributed by atoms with Gasteiger partial charge in [-0.25, -0.2) is 9.37 Å². The number of hydrogen-bond donors (Lipinski definition) is 2. The molecule has 0 unspecified atom stereocenters. The number of anilines is 2. The summed E-state index contributed by atoms with van der Waals surface area (Å²) in [5.41, 5.74) is 0.887. The highest BCUT2D eigenvalue weighted by atomic mass is 19.1. The van der Waals surface area contributed by atoms with E-state index < -0.39 is 11.7 Å². The minimum atomic E-state index is -0.550. The molecule has 0 atom stereocenters. The maximum absolute atomic E-state index is 13.5. The standard InChI is InChI=1S/C15H16FN3O/c1-2-9-17-11-7-8-14(18-10-11)19-15(20)12-5-3-4-6-13(12)16/h3-8,10,17H,2,9H2,1H3,(H,18,19,20). The van der Waals surface area contributed by atoms with Gasteiger partial charge in [-0.1, -0.05) is 19.1 Å². The van der Waals surface area contributed by atoms with Crippen LogP contribution in [0, 0.1) is 5.82 Å². The van der Waals surface area contributed by atoms with E-state index in [1.54, 1.807) is 24.4 Å². The summed E-state index contributed by atoms with van der Waals surface area (Å²) in [6, 6.07) is 9.33. The summed E-state index contributed by atoms with van der Waals surface area (Å²) >= 11 is 0. The number of halogens is 1. The van der Waals surface area contributed by atoms with E-state index in [-0.39, 0.29) is 5.56 Å². The molecule has 2 rings (SSSR count). The molecule has 20 heavy (non-hydrogen) atoms. The molecule has 1 amide bonds. The Labute approximate surface area is 117 Å². The van der Waals surface area contributed by atoms with Crippen LogP contribution < -0.4 is 10.6 Å². The average molecular weight is 273 g/mol. The van der Waals surface area contributed by atoms with E-state index in [1.165, 1.54) is 12.1 Å². The van der Waals surface area contributed by atoms with Crippen LogP contribution in [0.4, 0.5) is 15.9 Å². The minimum Gasteiger partial charge on any atom is -0.384 e. The lowest BCUT2D eigenvalue weighted by Crippen LogP contribution is -2.14. The number of nitrogens with zero attached hydrogens (tertiary/aromatic N) is 1. The van der Waals surface area contributed by atoms with E-state index in [0.717, 1.165) is 18.7 Å². The Morgan fingerprint density at radius 2 is 2.05 bits per heavy atom. The van der Waals surface area contributed by atoms with Crippen LogP contribution in [0.2, 0.25) is 0 Å². The van der Waals surface area contributed by atoms with E-state index in [0.29, 0.717) is 5.82 Å². The monoisotopic (exact) mass is 273 g/mol. The first-order valence-corrected chi connectivity index (χ1v) is 6.46. The molecule has 2 N–H and O–H groups in total. The molecule has 0 aliphatic rings. The molecule has 0 aliphatic heterocycles. The Morgan fingerprint density at radius 3 is 2.70 bits per heavy atom. The third kappa shape index (κ3) is 3.54. The molecule has 0 bridgehead atoms. The number of pyridine rings is 1. The third-order valence-corrected chi connectivity index (χ3v) is 2.70. The van der Waals surface area contributed by atoms with Gasteiger partial charge in [0.15, 0.2) is 0 Å². The normalized spacial score (nSPS) is 10.1. The predicted octanol–water partition coefficient (Wildman–Crippen LogP) is 3.29. The summed E-state index contributed by atoms with van der Waals surface area (Å²) in [6.07, 6.45) is 2.65. The van der Waals surface area contributed by atoms with Gasteiger partial charge in [-0.05, 0) is 30.7 Å². The van der Waals surface area contributed by atoms with Gasteiger partial charge in [-0.3, -0.25) is 4.79 Å². The van der Waals surface area contributed by atoms with E-state index in [1.807, 2.05) is 6.07 Å². The van der Waals surface area contributed by atoms with Crippen molar-refractivity contribution in [3.8, 4) is 0 Å². The SMILES string of the molecule is CCCNc1ccc(NC(=O)c2ccccc2F)nc1. The lowest BCUT2D eigenvalue weighted by Gasteiger charge is -2.07. The van der Waals surface area contributed by atoms with Gasteiger partial charge in [0.1, 0.15) is 11.6 Å². The molecule has 0 saturated heterocycles. The second-order valence-corrected chi connectivity index (χ2v) is 4.29. The van der Waals surface area contributed by atoms with Gasteiger partial charge in [0.25, 0.3) is 5.91 Å². The second kappa shape index (κ2) is 6.65. The van der Waals surface area contributed by atoms with Gasteiger partial charge in [-0.15, -0.1) is 0 Å². The predicted molar refractivity (Wildman–Crippen MR) is 77.4 cm³/mol. The Kier molecular flexibility index (Phi) is 4.65. The van der Waals surface area contributed by atoms with Crippen LogP contribution in [0.25, 0.3) is 0 Å². The summed E-state index contributed by atoms with van der Waals surface area (Å²) in [7, 11) is 0. The number of carbonyl (C=O) groups excluding carboxylic acids is 1. The molecule has 0 radical (unpaired) electrons. The fraction of sp³-hybridized carbons (Fsp3) is 0.200. The summed E-state index contributed by atoms with van der Waals surface area (Å²) in [5.74, 6) is -0.670. The van der Waals surface area contributed by atoms with Crippen LogP contribution >= 0.6 is 0 Å². The maximum atomic E-state index is 13.5. The molecule has 0 aliphatic carbocycles. The lowest BCUT2D eigenvalue weighted by molar-refractivity contribution is 0.102. The van der Waals surface area contributed by atoms with Crippen LogP contribution in [-0.2, 0) is 0 Å². The molecule has 0 saturated carbocycles. The number of hydrogen-bond acceptors (Lipinski definition) is 3. The maximum Gasteiger partial charge on any atom is 0.259 e. The first-order valence-electron chi connectivity index (χ1n) is 6.46. The van der Waals surface area contributed by atoms with Crippen molar-refractivity contribution in [2.45, 2.75) is 13.3 Å². The van der Waals surface area contributed by atoms with E-state index in [2.05, 4.69) is 22.5 Å². The molecular formula is C15H16FN3O. The van der Waals surface area contributed by atoms with E-state index >= 15 is 0 Å². The molecule has 4 nitrogen and oxygen atoms in total. The van der Waals surface area contributed by atoms with Crippen LogP contribution in [0.15, 0.2) is 42.6 Å². The average Bonchev–Trinajstić information content (AvgIpc) is 2.47. The van der Waals surface area contributed by atoms with E-state index in [9.17, 15) is 9.18 Å². The van der Waals surface area contributed by atoms with Crippen LogP contribution in [0.3, 0.4) is 0 Å². The number of nitrogens with one attached hydrogen (secondary N) is 2. The van der Waals surface area contributed by atoms with Gasteiger partial charge >= 0.3 is 0 Å². The zero-order valence-corrected chi connectivity index (χ0v) is 11.2. The third-order valence-electron chi connectivity index (χ3n) is 2.70. The van der Waals surface area contributed by atoms with Crippen molar-refractivity contribution < 1.29 is 9.18 Å². The number of benzene rings is 1. The van der Waals surface area contributed by atoms with Crippen molar-refractivity contribution in [1.82, 2.24) is 4.98 Å². The summed E-state index contributed by atoms with van der Waals surface area (Å²) in [4.78, 5) is 16.0. The zero-order chi connectivity index (χ0) is 14.4. The summed E-state index contributed by atoms with van der Waals surface area (Å²) in [5, 5.41) is 5.74. The largest absolute Gasteiger partial charge is 0.384 e. The van der Waals surface area contributed by atoms with Crippen molar-refractivity contribution >= 4 is 17.4 Å². The second-order valence-electron chi connectivity index (χ2n) is 4.29. The smallest absolute Gasteiger partial charge is 0.259 e. The van der Waals surface area contributed by atoms with Crippen molar-refractivity contribution in [2.24, 2.45) is 0 Å². The molecule has 0 spiro atoms. The molecule has 1 aromatic heterocycles.